The Labute approximate surface area is 748 Å². The molecule has 9 heterocycles. The van der Waals surface area contributed by atoms with E-state index in [0.29, 0.717) is 67.1 Å². The minimum atomic E-state index is -1.88. The lowest BCUT2D eigenvalue weighted by Crippen LogP contribution is -2.81. The number of para-hydroxylation sites is 3. The zero-order valence-corrected chi connectivity index (χ0v) is 73.4. The Kier molecular flexibility index (Phi) is 44.1. The van der Waals surface area contributed by atoms with Gasteiger partial charge in [0.25, 0.3) is 0 Å². The number of amides is 2. The molecule has 132 heavy (non-hydrogen) atoms. The van der Waals surface area contributed by atoms with Gasteiger partial charge in [-0.05, 0) is 111 Å². The number of anilines is 2. The van der Waals surface area contributed by atoms with Crippen LogP contribution in [0.15, 0.2) is 139 Å². The molecule has 2 amide bonds. The molecule has 16 rings (SSSR count). The van der Waals surface area contributed by atoms with Gasteiger partial charge in [-0.1, -0.05) is 125 Å². The van der Waals surface area contributed by atoms with Gasteiger partial charge in [0.05, 0.1) is 60.7 Å². The molecular formula is C88H110F20N8O16. The second kappa shape index (κ2) is 51.3. The van der Waals surface area contributed by atoms with Crippen molar-refractivity contribution < 1.29 is 168 Å². The lowest BCUT2D eigenvalue weighted by molar-refractivity contribution is -0.217. The number of H-pyrrole nitrogens is 1. The first kappa shape index (κ1) is 113. The third kappa shape index (κ3) is 20.4. The maximum absolute atomic E-state index is 15.5. The number of nitrogens with zero attached hydrogens (tertiary/aromatic N) is 5. The van der Waals surface area contributed by atoms with Gasteiger partial charge in [0.15, 0.2) is 0 Å². The number of esters is 3. The number of hydrogen-bond acceptors (Lipinski definition) is 21. The number of aromatic amines is 1. The fourth-order valence-corrected chi connectivity index (χ4v) is 23.1. The topological polar surface area (TPSA) is 265 Å². The minimum absolute atomic E-state index is 0. The Bertz CT molecular complexity index is 4800. The molecule has 1 unspecified atom stereocenters. The van der Waals surface area contributed by atoms with Crippen molar-refractivity contribution in [3.63, 3.8) is 0 Å². The molecule has 0 radical (unpaired) electrons. The number of aliphatic hydroxyl groups is 2. The number of carbonyl (C=O) groups excluding carboxylic acids is 5. The number of benzene rings is 5. The molecular weight excluding hydrogens is 1800 g/mol. The van der Waals surface area contributed by atoms with Crippen molar-refractivity contribution >= 4 is 52.4 Å². The summed E-state index contributed by atoms with van der Waals surface area (Å²) in [4.78, 5) is 84.0. The van der Waals surface area contributed by atoms with Crippen LogP contribution < -0.4 is 39.4 Å². The summed E-state index contributed by atoms with van der Waals surface area (Å²) in [5.74, 6) is 1.06. The first-order valence-corrected chi connectivity index (χ1v) is 40.6. The van der Waals surface area contributed by atoms with Crippen molar-refractivity contribution in [1.29, 1.82) is 0 Å². The molecule has 6 aromatic rings. The summed E-state index contributed by atoms with van der Waals surface area (Å²) in [7, 11) is 11.8. The average molecular weight is 1920 g/mol. The first-order valence-electron chi connectivity index (χ1n) is 40.6. The van der Waals surface area contributed by atoms with E-state index in [0.717, 1.165) is 108 Å². The Morgan fingerprint density at radius 1 is 0.523 bits per heavy atom. The van der Waals surface area contributed by atoms with E-state index in [2.05, 4.69) is 122 Å². The Hall–Kier alpha value is -11.0. The maximum atomic E-state index is 15.5. The zero-order valence-electron chi connectivity index (χ0n) is 73.4. The number of methoxy groups -OCH3 is 5. The molecule has 2 saturated heterocycles. The highest BCUT2D eigenvalue weighted by Crippen LogP contribution is 2.70. The number of rotatable bonds is 19. The molecule has 44 heteroatoms. The molecule has 738 valence electrons. The van der Waals surface area contributed by atoms with Crippen LogP contribution in [0.4, 0.5) is 112 Å². The highest BCUT2D eigenvalue weighted by molar-refractivity contribution is 5.94. The van der Waals surface area contributed by atoms with Crippen molar-refractivity contribution in [2.24, 2.45) is 16.7 Å². The monoisotopic (exact) mass is 1910 g/mol. The summed E-state index contributed by atoms with van der Waals surface area (Å²) in [6.07, 6.45) is 12.2. The van der Waals surface area contributed by atoms with E-state index in [9.17, 15) is 29.4 Å². The molecule has 1 aromatic heterocycles. The normalized spacial score (nSPS) is 26.9. The second-order valence-electron chi connectivity index (χ2n) is 32.1. The Morgan fingerprint density at radius 2 is 0.970 bits per heavy atom. The molecule has 24 nitrogen and oxygen atoms in total. The fourth-order valence-electron chi connectivity index (χ4n) is 23.1. The molecule has 15 atom stereocenters. The Morgan fingerprint density at radius 3 is 1.41 bits per heavy atom. The summed E-state index contributed by atoms with van der Waals surface area (Å²) in [5, 5.41) is 33.9. The van der Waals surface area contributed by atoms with Crippen molar-refractivity contribution in [3.8, 4) is 23.0 Å². The maximum Gasteiger partial charge on any atom is 0.407 e. The van der Waals surface area contributed by atoms with Crippen molar-refractivity contribution in [2.45, 2.75) is 164 Å². The van der Waals surface area contributed by atoms with E-state index in [1.807, 2.05) is 74.8 Å². The largest absolute Gasteiger partial charge is 0.497 e. The van der Waals surface area contributed by atoms with E-state index in [4.69, 9.17) is 134 Å². The van der Waals surface area contributed by atoms with Crippen molar-refractivity contribution in [2.75, 3.05) is 118 Å². The van der Waals surface area contributed by atoms with Crippen LogP contribution >= 0.6 is 0 Å². The van der Waals surface area contributed by atoms with Gasteiger partial charge < -0.3 is 78.3 Å². The number of fused-ring (bicyclic) bond motifs is 7. The zero-order chi connectivity index (χ0) is 98.3. The molecule has 2 spiro atoms. The van der Waals surface area contributed by atoms with E-state index in [1.54, 1.807) is 40.6 Å². The van der Waals surface area contributed by atoms with Gasteiger partial charge in [-0.2, -0.15) is 0 Å². The van der Waals surface area contributed by atoms with Gasteiger partial charge in [-0.25, -0.2) is 9.59 Å². The number of nitrogens with one attached hydrogen (secondary N) is 3. The van der Waals surface area contributed by atoms with Crippen molar-refractivity contribution in [3.05, 3.63) is 178 Å². The predicted octanol–water partition coefficient (Wildman–Crippen LogP) is 19.0. The molecule has 5 N–H and O–H groups in total. The van der Waals surface area contributed by atoms with E-state index < -0.39 is 86.7 Å². The number of ether oxygens (including phenoxy) is 9. The number of carbonyl (C=O) groups is 5. The molecule has 8 aliphatic heterocycles. The SMILES string of the molecule is C.CCC1=C[C@@H]2CN(CCc3c([nH]c4ccccc34)[C@@](C(=O)OC)(c3cc4c(cc3OC)N(C)[C@H]3[C@@](O)(CNC(=O)OCc5ccccc5OC)[C@H](OC(C)=O)[C@]5(CC)C=CCN6CC[C@]43[C@@H]65)C2)C1.CC[C@]12C=CCN3CC[C@@]4(c5ccc(OC)cc5N(C)[C@H]4[C@@](O)(CNC(=O)OCc4ccccc4OC)[C@@H]1OC(C)=O)[C@@H]32.FF.FF.FF.FF.FF.FF.FF.FF.FF.FF. The van der Waals surface area contributed by atoms with Crippen LogP contribution in [0.5, 0.6) is 23.0 Å². The van der Waals surface area contributed by atoms with Gasteiger partial charge in [-0.15, -0.1) is 0 Å². The van der Waals surface area contributed by atoms with Crippen LogP contribution in [0.2, 0.25) is 0 Å². The highest BCUT2D eigenvalue weighted by atomic mass is 20.0. The van der Waals surface area contributed by atoms with Crippen LogP contribution in [-0.2, 0) is 73.9 Å². The van der Waals surface area contributed by atoms with Gasteiger partial charge in [0, 0.05) is 243 Å². The van der Waals surface area contributed by atoms with E-state index in [-0.39, 0.29) is 57.7 Å². The van der Waals surface area contributed by atoms with Crippen LogP contribution in [0, 0.1) is 16.7 Å². The summed E-state index contributed by atoms with van der Waals surface area (Å²) in [5.41, 5.74) is 2.40. The third-order valence-corrected chi connectivity index (χ3v) is 27.0. The van der Waals surface area contributed by atoms with Gasteiger partial charge in [0.1, 0.15) is 65.0 Å². The molecule has 5 aromatic carbocycles. The molecule has 10 aliphatic rings. The van der Waals surface area contributed by atoms with Crippen LogP contribution in [0.25, 0.3) is 10.9 Å². The molecule has 2 bridgehead atoms. The van der Waals surface area contributed by atoms with Gasteiger partial charge in [0.2, 0.25) is 0 Å². The fraction of sp³-hybridized carbons (Fsp3) is 0.511. The summed E-state index contributed by atoms with van der Waals surface area (Å²) in [6.45, 7) is 14.1. The summed E-state index contributed by atoms with van der Waals surface area (Å²) >= 11 is 0. The number of aromatic nitrogens is 1. The Balaban J connectivity index is 0.000000491. The summed E-state index contributed by atoms with van der Waals surface area (Å²) < 4.78 is 213. The lowest BCUT2D eigenvalue weighted by atomic mass is 9.47. The molecule has 4 fully saturated rings. The number of hydrogen-bond donors (Lipinski definition) is 5. The highest BCUT2D eigenvalue weighted by Gasteiger charge is 2.80. The second-order valence-corrected chi connectivity index (χ2v) is 32.1. The standard InChI is InChI=1S/C54H65N5O9.C33H41N3O7.CH4.10F2/c1-8-34-25-35-28-53(49(61)66-7,45-38(19-23-58(29-34)30-35)37-16-11-12-17-41(37)56-45)40-26-39-42(27-44(40)65-6)57(4)47-52(39)21-24-59-22-14-20-51(9-2,46(52)59)48(68-33(3)60)54(47,63)32-55-50(62)67-31-36-15-10-13-18-43(36)64-5;1-6-31-14-9-16-36-17-15-32(27(31)36)24-13-12-23(40-4)18-25(24)35(3)28(32)33(39,29(31)43-21(2)37)20-34-30(38)42-19-22-10-7-8-11-26(22)41-5;;10*1-2/h10-18,20,25-27,35,46-48,56,63H,8-9,19,21-24,28-32H2,1-7H3,(H,55,62);7-14,18,27-29,39H,6,15-17,19-20H2,1-5H3,(H,34,38);1H4;;;;;;;;;;/t35-,46-,47+,48+,51+,52+,53-,54-;27-,28+,29+,31+,32+,33-;;;;;;;;;;;/m00.........../s1. The van der Waals surface area contributed by atoms with E-state index >= 15 is 4.79 Å². The van der Waals surface area contributed by atoms with E-state index in [1.165, 1.54) is 26.5 Å². The van der Waals surface area contributed by atoms with Crippen LogP contribution in [0.3, 0.4) is 0 Å². The van der Waals surface area contributed by atoms with Crippen LogP contribution in [0.1, 0.15) is 120 Å². The molecule has 2 aliphatic carbocycles. The smallest absolute Gasteiger partial charge is 0.407 e. The number of alkyl carbamates (subject to hydrolysis) is 2. The first-order chi connectivity index (χ1) is 63.5. The van der Waals surface area contributed by atoms with Gasteiger partial charge in [-0.3, -0.25) is 29.1 Å². The van der Waals surface area contributed by atoms with Crippen molar-refractivity contribution in [1.82, 2.24) is 30.3 Å². The average Bonchev–Trinajstić information content (AvgIpc) is 1.48. The van der Waals surface area contributed by atoms with Gasteiger partial charge >= 0.3 is 30.1 Å². The van der Waals surface area contributed by atoms with Crippen LogP contribution in [-0.4, -0.2) is 216 Å². The lowest BCUT2D eigenvalue weighted by Gasteiger charge is -2.64. The third-order valence-electron chi connectivity index (χ3n) is 27.0. The predicted molar refractivity (Wildman–Crippen MR) is 447 cm³/mol. The molecule has 2 saturated carbocycles. The summed E-state index contributed by atoms with van der Waals surface area (Å²) in [6, 6.07) is 31.7. The minimum Gasteiger partial charge on any atom is -0.497 e. The number of halogens is 20. The quantitative estimate of drug-likeness (QED) is 0.0218. The number of likely N-dealkylation sites (N-methyl/N-ethyl adjacent to an activating group) is 2.